The van der Waals surface area contributed by atoms with Crippen LogP contribution in [-0.2, 0) is 6.54 Å². The number of nitrogens with one attached hydrogen (secondary N) is 1. The number of benzene rings is 1. The molecule has 1 aliphatic carbocycles. The number of halogens is 2. The van der Waals surface area contributed by atoms with Crippen LogP contribution < -0.4 is 10.1 Å². The molecule has 0 saturated heterocycles. The Morgan fingerprint density at radius 3 is 2.67 bits per heavy atom. The molecule has 0 aromatic heterocycles. The largest absolute Gasteiger partial charge is 0.484 e. The Balaban J connectivity index is 2.21. The van der Waals surface area contributed by atoms with Crippen molar-refractivity contribution >= 4 is 23.2 Å². The highest BCUT2D eigenvalue weighted by Gasteiger charge is 2.18. The highest BCUT2D eigenvalue weighted by Crippen LogP contribution is 2.34. The second-order valence-electron chi connectivity index (χ2n) is 6.49. The van der Waals surface area contributed by atoms with Gasteiger partial charge in [0.2, 0.25) is 0 Å². The van der Waals surface area contributed by atoms with Gasteiger partial charge in [0.15, 0.2) is 0 Å². The van der Waals surface area contributed by atoms with Crippen LogP contribution in [0.3, 0.4) is 0 Å². The molecule has 0 radical (unpaired) electrons. The van der Waals surface area contributed by atoms with Crippen LogP contribution >= 0.6 is 23.2 Å². The van der Waals surface area contributed by atoms with E-state index < -0.39 is 0 Å². The monoisotopic (exact) mass is 327 g/mol. The summed E-state index contributed by atoms with van der Waals surface area (Å²) in [6.45, 7) is 7.06. The van der Waals surface area contributed by atoms with E-state index in [1.54, 1.807) is 6.07 Å². The maximum absolute atomic E-state index is 6.34. The lowest BCUT2D eigenvalue weighted by molar-refractivity contribution is 0.227. The van der Waals surface area contributed by atoms with E-state index in [0.717, 1.165) is 30.6 Å². The van der Waals surface area contributed by atoms with Crippen molar-refractivity contribution in [1.29, 1.82) is 0 Å². The number of allylic oxidation sites excluding steroid dienone is 1. The summed E-state index contributed by atoms with van der Waals surface area (Å²) < 4.78 is 6.12. The first-order valence-corrected chi connectivity index (χ1v) is 8.17. The lowest BCUT2D eigenvalue weighted by Crippen LogP contribution is -2.35. The molecule has 1 N–H and O–H groups in total. The number of hydrogen-bond acceptors (Lipinski definition) is 2. The Hall–Kier alpha value is -0.700. The van der Waals surface area contributed by atoms with Crippen molar-refractivity contribution in [3.63, 3.8) is 0 Å². The topological polar surface area (TPSA) is 21.3 Å². The van der Waals surface area contributed by atoms with Gasteiger partial charge in [-0.05, 0) is 58.2 Å². The van der Waals surface area contributed by atoms with Gasteiger partial charge >= 0.3 is 0 Å². The van der Waals surface area contributed by atoms with Crippen LogP contribution in [0.15, 0.2) is 24.3 Å². The van der Waals surface area contributed by atoms with Gasteiger partial charge < -0.3 is 10.1 Å². The molecule has 0 fully saturated rings. The molecule has 0 amide bonds. The molecular formula is C17H23Cl2NO. The van der Waals surface area contributed by atoms with Gasteiger partial charge in [-0.15, -0.1) is 0 Å². The Kier molecular flexibility index (Phi) is 5.59. The first kappa shape index (κ1) is 16.7. The zero-order valence-corrected chi connectivity index (χ0v) is 14.4. The van der Waals surface area contributed by atoms with E-state index in [2.05, 4.69) is 38.2 Å². The minimum Gasteiger partial charge on any atom is -0.484 e. The molecule has 1 unspecified atom stereocenters. The summed E-state index contributed by atoms with van der Waals surface area (Å²) in [5.41, 5.74) is 1.03. The third-order valence-electron chi connectivity index (χ3n) is 3.37. The van der Waals surface area contributed by atoms with Crippen molar-refractivity contribution in [2.45, 2.75) is 58.2 Å². The summed E-state index contributed by atoms with van der Waals surface area (Å²) in [6, 6.07) is 3.67. The molecule has 116 valence electrons. The normalized spacial score (nSPS) is 18.8. The molecule has 4 heteroatoms. The van der Waals surface area contributed by atoms with Gasteiger partial charge in [-0.25, -0.2) is 0 Å². The average Bonchev–Trinajstić information content (AvgIpc) is 2.40. The molecule has 0 heterocycles. The molecule has 0 aliphatic heterocycles. The van der Waals surface area contributed by atoms with Gasteiger partial charge in [0.05, 0.1) is 5.02 Å². The van der Waals surface area contributed by atoms with Crippen LogP contribution in [0.25, 0.3) is 0 Å². The molecule has 1 atom stereocenters. The Morgan fingerprint density at radius 1 is 1.29 bits per heavy atom. The SMILES string of the molecule is CC(C)(C)NCc1cc(Cl)cc(Cl)c1OC1C=CCCC1. The molecule has 1 aromatic carbocycles. The van der Waals surface area contributed by atoms with E-state index in [9.17, 15) is 0 Å². The van der Waals surface area contributed by atoms with Gasteiger partial charge in [0, 0.05) is 22.7 Å². The second-order valence-corrected chi connectivity index (χ2v) is 7.34. The summed E-state index contributed by atoms with van der Waals surface area (Å²) in [6.07, 6.45) is 7.71. The average molecular weight is 328 g/mol. The second kappa shape index (κ2) is 7.04. The van der Waals surface area contributed by atoms with Gasteiger partial charge in [-0.2, -0.15) is 0 Å². The maximum Gasteiger partial charge on any atom is 0.143 e. The minimum atomic E-state index is 0.0246. The Morgan fingerprint density at radius 2 is 2.05 bits per heavy atom. The number of ether oxygens (including phenoxy) is 1. The van der Waals surface area contributed by atoms with E-state index in [4.69, 9.17) is 27.9 Å². The fraction of sp³-hybridized carbons (Fsp3) is 0.529. The molecule has 21 heavy (non-hydrogen) atoms. The van der Waals surface area contributed by atoms with Gasteiger partial charge in [0.25, 0.3) is 0 Å². The third-order valence-corrected chi connectivity index (χ3v) is 3.87. The van der Waals surface area contributed by atoms with Gasteiger partial charge in [-0.3, -0.25) is 0 Å². The summed E-state index contributed by atoms with van der Waals surface area (Å²) in [5.74, 6) is 0.745. The Labute approximate surface area is 137 Å². The van der Waals surface area contributed by atoms with Crippen LogP contribution in [0.4, 0.5) is 0 Å². The quantitative estimate of drug-likeness (QED) is 0.750. The summed E-state index contributed by atoms with van der Waals surface area (Å²) in [7, 11) is 0. The van der Waals surface area contributed by atoms with E-state index in [1.807, 2.05) is 6.07 Å². The molecule has 0 spiro atoms. The number of rotatable bonds is 4. The maximum atomic E-state index is 6.34. The predicted octanol–water partition coefficient (Wildman–Crippen LogP) is 5.37. The van der Waals surface area contributed by atoms with E-state index in [0.29, 0.717) is 16.6 Å². The highest BCUT2D eigenvalue weighted by atomic mass is 35.5. The van der Waals surface area contributed by atoms with Gasteiger partial charge in [-0.1, -0.05) is 29.3 Å². The summed E-state index contributed by atoms with van der Waals surface area (Å²) in [5, 5.41) is 4.67. The molecule has 0 saturated carbocycles. The molecule has 2 nitrogen and oxygen atoms in total. The van der Waals surface area contributed by atoms with E-state index >= 15 is 0 Å². The van der Waals surface area contributed by atoms with Crippen LogP contribution in [0, 0.1) is 0 Å². The predicted molar refractivity (Wildman–Crippen MR) is 90.5 cm³/mol. The first-order chi connectivity index (χ1) is 9.85. The lowest BCUT2D eigenvalue weighted by atomic mass is 10.0. The van der Waals surface area contributed by atoms with Crippen LogP contribution in [0.5, 0.6) is 5.75 Å². The van der Waals surface area contributed by atoms with Crippen molar-refractivity contribution in [2.24, 2.45) is 0 Å². The first-order valence-electron chi connectivity index (χ1n) is 7.41. The van der Waals surface area contributed by atoms with E-state index in [-0.39, 0.29) is 11.6 Å². The fourth-order valence-corrected chi connectivity index (χ4v) is 2.85. The lowest BCUT2D eigenvalue weighted by Gasteiger charge is -2.24. The minimum absolute atomic E-state index is 0.0246. The van der Waals surface area contributed by atoms with Crippen molar-refractivity contribution in [3.05, 3.63) is 39.9 Å². The molecule has 2 rings (SSSR count). The molecular weight excluding hydrogens is 305 g/mol. The van der Waals surface area contributed by atoms with Crippen LogP contribution in [0.1, 0.15) is 45.6 Å². The van der Waals surface area contributed by atoms with Gasteiger partial charge in [0.1, 0.15) is 11.9 Å². The molecule has 1 aliphatic rings. The van der Waals surface area contributed by atoms with E-state index in [1.165, 1.54) is 0 Å². The molecule has 1 aromatic rings. The smallest absolute Gasteiger partial charge is 0.143 e. The Bertz CT molecular complexity index is 520. The fourth-order valence-electron chi connectivity index (χ4n) is 2.27. The van der Waals surface area contributed by atoms with Crippen molar-refractivity contribution < 1.29 is 4.74 Å². The van der Waals surface area contributed by atoms with Crippen molar-refractivity contribution in [1.82, 2.24) is 5.32 Å². The third kappa shape index (κ3) is 5.21. The highest BCUT2D eigenvalue weighted by molar-refractivity contribution is 6.35. The van der Waals surface area contributed by atoms with Crippen LogP contribution in [0.2, 0.25) is 10.0 Å². The number of hydrogen-bond donors (Lipinski definition) is 1. The van der Waals surface area contributed by atoms with Crippen molar-refractivity contribution in [3.8, 4) is 5.75 Å². The summed E-state index contributed by atoms with van der Waals surface area (Å²) >= 11 is 12.5. The van der Waals surface area contributed by atoms with Crippen molar-refractivity contribution in [2.75, 3.05) is 0 Å². The zero-order chi connectivity index (χ0) is 15.5. The molecule has 0 bridgehead atoms. The van der Waals surface area contributed by atoms with Crippen LogP contribution in [-0.4, -0.2) is 11.6 Å². The zero-order valence-electron chi connectivity index (χ0n) is 12.9. The summed E-state index contributed by atoms with van der Waals surface area (Å²) in [4.78, 5) is 0. The standard InChI is InChI=1S/C17H23Cl2NO/c1-17(2,3)20-11-12-9-13(18)10-15(19)16(12)21-14-7-5-4-6-8-14/h5,7,9-10,14,20H,4,6,8,11H2,1-3H3.